The highest BCUT2D eigenvalue weighted by Gasteiger charge is 2.83. The van der Waals surface area contributed by atoms with E-state index in [0.717, 1.165) is 5.69 Å². The molecule has 232 valence electrons. The van der Waals surface area contributed by atoms with Crippen molar-refractivity contribution >= 4 is 17.3 Å². The van der Waals surface area contributed by atoms with Crippen molar-refractivity contribution in [2.75, 3.05) is 18.2 Å². The van der Waals surface area contributed by atoms with Crippen molar-refractivity contribution in [2.24, 2.45) is 28.1 Å². The molecular formula is C35H43F2NO5. The third kappa shape index (κ3) is 3.54. The third-order valence-corrected chi connectivity index (χ3v) is 13.2. The van der Waals surface area contributed by atoms with Crippen LogP contribution in [0.1, 0.15) is 83.6 Å². The molecule has 5 aliphatic carbocycles. The van der Waals surface area contributed by atoms with E-state index in [-0.39, 0.29) is 24.2 Å². The standard InChI is InChI=1S/C35H43F2NO5/c1-31-14-13-25(40)15-26(31)27(36)16-28-32(2)17-23-19-38(24-11-9-22(10-12-24)21-7-5-4-6-8-21)43-35(23,30(42)20-39)33(32,3)18-29(41)34(28,31)37/h9-15,21,23,27-29,39,41H,4-8,16-20H2,1-3H3/t23-,27-,28-,29-,31-,32-,33-,34-,35-/m0/s1. The highest BCUT2D eigenvalue weighted by molar-refractivity contribution is 6.01. The smallest absolute Gasteiger partial charge is 0.193 e. The average Bonchev–Trinajstić information content (AvgIpc) is 3.47. The number of allylic oxidation sites excluding steroid dienone is 4. The van der Waals surface area contributed by atoms with E-state index in [1.54, 1.807) is 12.0 Å². The van der Waals surface area contributed by atoms with Gasteiger partial charge in [-0.25, -0.2) is 8.78 Å². The molecule has 43 heavy (non-hydrogen) atoms. The minimum absolute atomic E-state index is 0.0726. The zero-order chi connectivity index (χ0) is 30.6. The predicted octanol–water partition coefficient (Wildman–Crippen LogP) is 5.72. The average molecular weight is 596 g/mol. The lowest BCUT2D eigenvalue weighted by molar-refractivity contribution is -0.256. The number of nitrogens with zero attached hydrogens (tertiary/aromatic N) is 1. The second-order valence-corrected chi connectivity index (χ2v) is 14.8. The Hall–Kier alpha value is -2.42. The van der Waals surface area contributed by atoms with Crippen molar-refractivity contribution in [2.45, 2.75) is 102 Å². The van der Waals surface area contributed by atoms with Gasteiger partial charge in [0, 0.05) is 22.7 Å². The summed E-state index contributed by atoms with van der Waals surface area (Å²) in [5.41, 5.74) is -5.15. The molecule has 6 nitrogen and oxygen atoms in total. The monoisotopic (exact) mass is 595 g/mol. The van der Waals surface area contributed by atoms with E-state index >= 15 is 8.78 Å². The van der Waals surface area contributed by atoms with E-state index in [4.69, 9.17) is 4.84 Å². The number of rotatable bonds is 4. The Labute approximate surface area is 252 Å². The number of carbonyl (C=O) groups excluding carboxylic acids is 2. The molecule has 0 amide bonds. The Morgan fingerprint density at radius 3 is 2.47 bits per heavy atom. The third-order valence-electron chi connectivity index (χ3n) is 13.2. The van der Waals surface area contributed by atoms with Crippen LogP contribution < -0.4 is 5.06 Å². The fraction of sp³-hybridized carbons (Fsp3) is 0.657. The number of aliphatic hydroxyl groups is 2. The molecule has 1 aliphatic heterocycles. The fourth-order valence-corrected chi connectivity index (χ4v) is 10.8. The molecule has 5 fully saturated rings. The zero-order valence-electron chi connectivity index (χ0n) is 25.3. The molecule has 1 heterocycles. The van der Waals surface area contributed by atoms with Crippen molar-refractivity contribution in [3.63, 3.8) is 0 Å². The van der Waals surface area contributed by atoms with E-state index in [1.807, 2.05) is 26.0 Å². The number of fused-ring (bicyclic) bond motifs is 7. The number of Topliss-reactive ketones (excluding diaryl/α,β-unsaturated/α-hetero) is 1. The molecule has 1 aromatic carbocycles. The van der Waals surface area contributed by atoms with Gasteiger partial charge in [-0.1, -0.05) is 51.3 Å². The molecule has 0 radical (unpaired) electrons. The molecule has 6 aliphatic rings. The minimum atomic E-state index is -2.26. The largest absolute Gasteiger partial charge is 0.390 e. The van der Waals surface area contributed by atoms with Crippen molar-refractivity contribution in [1.29, 1.82) is 0 Å². The maximum absolute atomic E-state index is 17.8. The quantitative estimate of drug-likeness (QED) is 0.463. The number of ketones is 2. The van der Waals surface area contributed by atoms with Gasteiger partial charge in [-0.05, 0) is 85.8 Å². The van der Waals surface area contributed by atoms with Crippen LogP contribution in [-0.2, 0) is 14.4 Å². The second-order valence-electron chi connectivity index (χ2n) is 14.8. The Kier molecular flexibility index (Phi) is 6.50. The van der Waals surface area contributed by atoms with Gasteiger partial charge in [0.15, 0.2) is 22.8 Å². The Morgan fingerprint density at radius 1 is 1.09 bits per heavy atom. The molecule has 8 heteroatoms. The van der Waals surface area contributed by atoms with Crippen LogP contribution in [0.4, 0.5) is 14.5 Å². The molecule has 7 rings (SSSR count). The fourth-order valence-electron chi connectivity index (χ4n) is 10.8. The van der Waals surface area contributed by atoms with Gasteiger partial charge < -0.3 is 10.2 Å². The molecule has 2 N–H and O–H groups in total. The Bertz CT molecular complexity index is 1410. The first-order valence-corrected chi connectivity index (χ1v) is 16.0. The van der Waals surface area contributed by atoms with Gasteiger partial charge in [0.2, 0.25) is 0 Å². The van der Waals surface area contributed by atoms with Gasteiger partial charge in [-0.3, -0.25) is 19.5 Å². The first-order valence-electron chi connectivity index (χ1n) is 16.0. The first-order chi connectivity index (χ1) is 20.4. The molecule has 0 unspecified atom stereocenters. The molecule has 1 aromatic rings. The number of aliphatic hydroxyl groups excluding tert-OH is 2. The van der Waals surface area contributed by atoms with Crippen LogP contribution in [0.5, 0.6) is 0 Å². The van der Waals surface area contributed by atoms with E-state index in [1.165, 1.54) is 55.9 Å². The number of carbonyl (C=O) groups is 2. The van der Waals surface area contributed by atoms with E-state index < -0.39 is 64.0 Å². The lowest BCUT2D eigenvalue weighted by Gasteiger charge is -2.67. The highest BCUT2D eigenvalue weighted by atomic mass is 19.1. The van der Waals surface area contributed by atoms with Gasteiger partial charge in [0.25, 0.3) is 0 Å². The number of hydrogen-bond acceptors (Lipinski definition) is 6. The summed E-state index contributed by atoms with van der Waals surface area (Å²) in [7, 11) is 0. The normalized spacial score (nSPS) is 45.7. The molecule has 4 saturated carbocycles. The summed E-state index contributed by atoms with van der Waals surface area (Å²) in [5, 5.41) is 23.8. The molecule has 9 atom stereocenters. The van der Waals surface area contributed by atoms with Crippen molar-refractivity contribution < 1.29 is 33.4 Å². The molecule has 1 saturated heterocycles. The molecular weight excluding hydrogens is 552 g/mol. The van der Waals surface area contributed by atoms with Crippen LogP contribution in [0.15, 0.2) is 48.1 Å². The lowest BCUT2D eigenvalue weighted by Crippen LogP contribution is -2.73. The van der Waals surface area contributed by atoms with Crippen molar-refractivity contribution in [3.8, 4) is 0 Å². The number of halogens is 2. The number of benzene rings is 1. The van der Waals surface area contributed by atoms with Gasteiger partial charge in [-0.15, -0.1) is 0 Å². The van der Waals surface area contributed by atoms with Crippen LogP contribution >= 0.6 is 0 Å². The number of alkyl halides is 2. The summed E-state index contributed by atoms with van der Waals surface area (Å²) in [5.74, 6) is -1.68. The number of hydroxylamine groups is 1. The van der Waals surface area contributed by atoms with Gasteiger partial charge in [-0.2, -0.15) is 0 Å². The van der Waals surface area contributed by atoms with E-state index in [0.29, 0.717) is 18.9 Å². The minimum Gasteiger partial charge on any atom is -0.390 e. The Balaban J connectivity index is 1.27. The van der Waals surface area contributed by atoms with E-state index in [2.05, 4.69) is 12.1 Å². The summed E-state index contributed by atoms with van der Waals surface area (Å²) in [6, 6.07) is 8.31. The Morgan fingerprint density at radius 2 is 1.79 bits per heavy atom. The van der Waals surface area contributed by atoms with Crippen LogP contribution in [0.2, 0.25) is 0 Å². The first kappa shape index (κ1) is 29.3. The van der Waals surface area contributed by atoms with Gasteiger partial charge in [0.1, 0.15) is 12.8 Å². The van der Waals surface area contributed by atoms with Gasteiger partial charge >= 0.3 is 0 Å². The van der Waals surface area contributed by atoms with E-state index in [9.17, 15) is 19.8 Å². The summed E-state index contributed by atoms with van der Waals surface area (Å²) >= 11 is 0. The lowest BCUT2D eigenvalue weighted by atomic mass is 9.39. The van der Waals surface area contributed by atoms with Gasteiger partial charge in [0.05, 0.1) is 18.3 Å². The number of hydrogen-bond donors (Lipinski definition) is 2. The maximum atomic E-state index is 17.8. The summed E-state index contributed by atoms with van der Waals surface area (Å²) in [4.78, 5) is 32.8. The summed E-state index contributed by atoms with van der Waals surface area (Å²) < 4.78 is 33.8. The second kappa shape index (κ2) is 9.54. The van der Waals surface area contributed by atoms with Crippen molar-refractivity contribution in [3.05, 3.63) is 53.6 Å². The predicted molar refractivity (Wildman–Crippen MR) is 158 cm³/mol. The topological polar surface area (TPSA) is 87.1 Å². The molecule has 0 spiro atoms. The molecule has 0 bridgehead atoms. The summed E-state index contributed by atoms with van der Waals surface area (Å²) in [6.07, 6.45) is 6.99. The SMILES string of the molecule is C[C@]12C[C@H](O)[C@@]3(F)[C@@H](C[C@H](F)C4=CC(=O)C=C[C@@]43C)[C@]1(C)C[C@H]1CN(c3ccc(C4CCCCC4)cc3)O[C@]12C(=O)CO. The van der Waals surface area contributed by atoms with Crippen LogP contribution in [0, 0.1) is 28.1 Å². The molecule has 0 aromatic heterocycles. The number of anilines is 1. The highest BCUT2D eigenvalue weighted by Crippen LogP contribution is 2.77. The van der Waals surface area contributed by atoms with Crippen molar-refractivity contribution in [1.82, 2.24) is 0 Å². The van der Waals surface area contributed by atoms with Crippen LogP contribution in [0.25, 0.3) is 0 Å². The van der Waals surface area contributed by atoms with Crippen LogP contribution in [-0.4, -0.2) is 58.5 Å². The summed E-state index contributed by atoms with van der Waals surface area (Å²) in [6.45, 7) is 4.96. The van der Waals surface area contributed by atoms with Crippen LogP contribution in [0.3, 0.4) is 0 Å². The maximum Gasteiger partial charge on any atom is 0.193 e. The zero-order valence-corrected chi connectivity index (χ0v) is 25.3.